The highest BCUT2D eigenvalue weighted by atomic mass is 32.2. The van der Waals surface area contributed by atoms with Gasteiger partial charge in [-0.2, -0.15) is 0 Å². The first-order valence-corrected chi connectivity index (χ1v) is 9.76. The fraction of sp³-hybridized carbons (Fsp3) is 0.625. The van der Waals surface area contributed by atoms with Gasteiger partial charge in [0.2, 0.25) is 10.0 Å². The lowest BCUT2D eigenvalue weighted by Gasteiger charge is -2.31. The molecule has 0 aromatic heterocycles. The minimum Gasteiger partial charge on any atom is -0.387 e. The SMILES string of the molecule is CC(C(O)c1ccc(NS(C)(=O)=O)cc1)N1CCCCCC1. The summed E-state index contributed by atoms with van der Waals surface area (Å²) in [5, 5.41) is 10.6. The van der Waals surface area contributed by atoms with E-state index in [0.717, 1.165) is 24.9 Å². The van der Waals surface area contributed by atoms with Crippen LogP contribution in [0.4, 0.5) is 5.69 Å². The van der Waals surface area contributed by atoms with Crippen LogP contribution in [0, 0.1) is 0 Å². The molecule has 1 fully saturated rings. The number of anilines is 1. The van der Waals surface area contributed by atoms with Crippen molar-refractivity contribution in [2.45, 2.75) is 44.8 Å². The maximum Gasteiger partial charge on any atom is 0.229 e. The van der Waals surface area contributed by atoms with Crippen LogP contribution in [0.1, 0.15) is 44.3 Å². The lowest BCUT2D eigenvalue weighted by molar-refractivity contribution is 0.0598. The Kier molecular flexibility index (Phi) is 5.83. The predicted molar refractivity (Wildman–Crippen MR) is 89.4 cm³/mol. The number of hydrogen-bond donors (Lipinski definition) is 2. The number of rotatable bonds is 5. The minimum atomic E-state index is -3.27. The molecule has 0 saturated carbocycles. The number of likely N-dealkylation sites (tertiary alicyclic amines) is 1. The van der Waals surface area contributed by atoms with Crippen molar-refractivity contribution in [3.63, 3.8) is 0 Å². The first-order chi connectivity index (χ1) is 10.4. The molecule has 0 amide bonds. The molecule has 1 heterocycles. The van der Waals surface area contributed by atoms with Crippen LogP contribution in [0.5, 0.6) is 0 Å². The maximum atomic E-state index is 11.2. The summed E-state index contributed by atoms with van der Waals surface area (Å²) in [5.41, 5.74) is 1.33. The monoisotopic (exact) mass is 326 g/mol. The smallest absolute Gasteiger partial charge is 0.229 e. The zero-order valence-corrected chi connectivity index (χ0v) is 14.1. The number of hydrogen-bond acceptors (Lipinski definition) is 4. The molecule has 5 nitrogen and oxygen atoms in total. The average molecular weight is 326 g/mol. The van der Waals surface area contributed by atoms with Gasteiger partial charge in [0.25, 0.3) is 0 Å². The Morgan fingerprint density at radius 1 is 1.09 bits per heavy atom. The fourth-order valence-electron chi connectivity index (χ4n) is 2.94. The van der Waals surface area contributed by atoms with Crippen molar-refractivity contribution >= 4 is 15.7 Å². The number of nitrogens with one attached hydrogen (secondary N) is 1. The highest BCUT2D eigenvalue weighted by molar-refractivity contribution is 7.92. The molecule has 22 heavy (non-hydrogen) atoms. The van der Waals surface area contributed by atoms with E-state index in [-0.39, 0.29) is 6.04 Å². The molecule has 1 aromatic rings. The van der Waals surface area contributed by atoms with Crippen LogP contribution >= 0.6 is 0 Å². The Balaban J connectivity index is 2.03. The Bertz CT molecular complexity index is 564. The van der Waals surface area contributed by atoms with Gasteiger partial charge in [-0.05, 0) is 50.6 Å². The Morgan fingerprint density at radius 2 is 1.64 bits per heavy atom. The minimum absolute atomic E-state index is 0.0619. The molecule has 1 aromatic carbocycles. The topological polar surface area (TPSA) is 69.6 Å². The Morgan fingerprint density at radius 3 is 2.14 bits per heavy atom. The molecule has 2 unspecified atom stereocenters. The van der Waals surface area contributed by atoms with Crippen LogP contribution in [0.15, 0.2) is 24.3 Å². The molecule has 124 valence electrons. The molecule has 2 rings (SSSR count). The summed E-state index contributed by atoms with van der Waals surface area (Å²) in [7, 11) is -3.27. The standard InChI is InChI=1S/C16H26N2O3S/c1-13(18-11-5-3-4-6-12-18)16(19)14-7-9-15(10-8-14)17-22(2,20)21/h7-10,13,16-17,19H,3-6,11-12H2,1-2H3. The van der Waals surface area contributed by atoms with Crippen molar-refractivity contribution in [3.8, 4) is 0 Å². The van der Waals surface area contributed by atoms with Crippen LogP contribution in [-0.4, -0.2) is 43.8 Å². The average Bonchev–Trinajstić information content (AvgIpc) is 2.74. The molecule has 2 atom stereocenters. The third-order valence-electron chi connectivity index (χ3n) is 4.23. The second-order valence-electron chi connectivity index (χ2n) is 6.13. The summed E-state index contributed by atoms with van der Waals surface area (Å²) >= 11 is 0. The van der Waals surface area contributed by atoms with E-state index in [1.165, 1.54) is 25.7 Å². The van der Waals surface area contributed by atoms with Crippen molar-refractivity contribution in [1.29, 1.82) is 0 Å². The zero-order valence-electron chi connectivity index (χ0n) is 13.3. The second kappa shape index (κ2) is 7.44. The van der Waals surface area contributed by atoms with E-state index in [0.29, 0.717) is 5.69 Å². The number of benzene rings is 1. The third-order valence-corrected chi connectivity index (χ3v) is 4.84. The van der Waals surface area contributed by atoms with E-state index in [2.05, 4.69) is 16.5 Å². The quantitative estimate of drug-likeness (QED) is 0.871. The molecule has 0 radical (unpaired) electrons. The van der Waals surface area contributed by atoms with Crippen molar-refractivity contribution in [2.24, 2.45) is 0 Å². The van der Waals surface area contributed by atoms with Crippen LogP contribution in [0.3, 0.4) is 0 Å². The van der Waals surface area contributed by atoms with Crippen molar-refractivity contribution in [2.75, 3.05) is 24.1 Å². The van der Waals surface area contributed by atoms with Gasteiger partial charge in [-0.15, -0.1) is 0 Å². The van der Waals surface area contributed by atoms with Gasteiger partial charge < -0.3 is 5.11 Å². The van der Waals surface area contributed by atoms with E-state index in [4.69, 9.17) is 0 Å². The molecule has 0 spiro atoms. The van der Waals surface area contributed by atoms with Crippen LogP contribution in [-0.2, 0) is 10.0 Å². The first-order valence-electron chi connectivity index (χ1n) is 7.87. The van der Waals surface area contributed by atoms with E-state index in [9.17, 15) is 13.5 Å². The van der Waals surface area contributed by atoms with E-state index < -0.39 is 16.1 Å². The summed E-state index contributed by atoms with van der Waals surface area (Å²) < 4.78 is 24.8. The van der Waals surface area contributed by atoms with Crippen LogP contribution in [0.25, 0.3) is 0 Å². The van der Waals surface area contributed by atoms with Gasteiger partial charge in [0, 0.05) is 11.7 Å². The summed E-state index contributed by atoms with van der Waals surface area (Å²) in [6, 6.07) is 7.01. The molecule has 6 heteroatoms. The molecular formula is C16H26N2O3S. The summed E-state index contributed by atoms with van der Waals surface area (Å²) in [4.78, 5) is 2.35. The van der Waals surface area contributed by atoms with Crippen molar-refractivity contribution in [1.82, 2.24) is 4.90 Å². The lowest BCUT2D eigenvalue weighted by Crippen LogP contribution is -2.38. The van der Waals surface area contributed by atoms with E-state index >= 15 is 0 Å². The van der Waals surface area contributed by atoms with Gasteiger partial charge in [0.1, 0.15) is 0 Å². The van der Waals surface area contributed by atoms with Gasteiger partial charge in [-0.1, -0.05) is 25.0 Å². The predicted octanol–water partition coefficient (Wildman–Crippen LogP) is 2.36. The largest absolute Gasteiger partial charge is 0.387 e. The Hall–Kier alpha value is -1.11. The van der Waals surface area contributed by atoms with Crippen molar-refractivity contribution < 1.29 is 13.5 Å². The first kappa shape index (κ1) is 17.2. The van der Waals surface area contributed by atoms with Crippen molar-refractivity contribution in [3.05, 3.63) is 29.8 Å². The van der Waals surface area contributed by atoms with Gasteiger partial charge in [-0.3, -0.25) is 9.62 Å². The van der Waals surface area contributed by atoms with E-state index in [1.54, 1.807) is 24.3 Å². The molecular weight excluding hydrogens is 300 g/mol. The third kappa shape index (κ3) is 4.97. The molecule has 0 bridgehead atoms. The highest BCUT2D eigenvalue weighted by Crippen LogP contribution is 2.24. The summed E-state index contributed by atoms with van der Waals surface area (Å²) in [6.07, 6.45) is 5.47. The van der Waals surface area contributed by atoms with E-state index in [1.807, 2.05) is 0 Å². The maximum absolute atomic E-state index is 11.2. The summed E-state index contributed by atoms with van der Waals surface area (Å²) in [5.74, 6) is 0. The zero-order chi connectivity index (χ0) is 16.2. The highest BCUT2D eigenvalue weighted by Gasteiger charge is 2.23. The van der Waals surface area contributed by atoms with Crippen LogP contribution < -0.4 is 4.72 Å². The fourth-order valence-corrected chi connectivity index (χ4v) is 3.51. The van der Waals surface area contributed by atoms with Gasteiger partial charge in [0.15, 0.2) is 0 Å². The molecule has 0 aliphatic carbocycles. The van der Waals surface area contributed by atoms with Gasteiger partial charge in [0.05, 0.1) is 12.4 Å². The van der Waals surface area contributed by atoms with Gasteiger partial charge >= 0.3 is 0 Å². The normalized spacial score (nSPS) is 20.1. The molecule has 1 aliphatic heterocycles. The van der Waals surface area contributed by atoms with Crippen LogP contribution in [0.2, 0.25) is 0 Å². The number of nitrogens with zero attached hydrogens (tertiary/aromatic N) is 1. The molecule has 1 aliphatic rings. The number of aliphatic hydroxyl groups is 1. The molecule has 1 saturated heterocycles. The number of sulfonamides is 1. The van der Waals surface area contributed by atoms with Gasteiger partial charge in [-0.25, -0.2) is 8.42 Å². The molecule has 2 N–H and O–H groups in total. The Labute approximate surface area is 133 Å². The second-order valence-corrected chi connectivity index (χ2v) is 7.88. The summed E-state index contributed by atoms with van der Waals surface area (Å²) in [6.45, 7) is 4.12. The number of aliphatic hydroxyl groups excluding tert-OH is 1. The lowest BCUT2D eigenvalue weighted by atomic mass is 10.0.